The summed E-state index contributed by atoms with van der Waals surface area (Å²) in [4.78, 5) is 27.3. The van der Waals surface area contributed by atoms with Crippen molar-refractivity contribution in [3.8, 4) is 0 Å². The third-order valence-corrected chi connectivity index (χ3v) is 4.91. The number of rotatable bonds is 11. The maximum atomic E-state index is 13.0. The van der Waals surface area contributed by atoms with Gasteiger partial charge in [0.1, 0.15) is 6.04 Å². The van der Waals surface area contributed by atoms with Crippen LogP contribution in [0.3, 0.4) is 0 Å². The fourth-order valence-electron chi connectivity index (χ4n) is 3.14. The lowest BCUT2D eigenvalue weighted by Crippen LogP contribution is -2.47. The van der Waals surface area contributed by atoms with E-state index in [-0.39, 0.29) is 11.8 Å². The Morgan fingerprint density at radius 1 is 0.929 bits per heavy atom. The van der Waals surface area contributed by atoms with Crippen molar-refractivity contribution in [2.24, 2.45) is 0 Å². The predicted octanol–water partition coefficient (Wildman–Crippen LogP) is 4.34. The molecule has 0 aliphatic rings. The van der Waals surface area contributed by atoms with Crippen LogP contribution >= 0.6 is 0 Å². The van der Waals surface area contributed by atoms with E-state index in [4.69, 9.17) is 0 Å². The van der Waals surface area contributed by atoms with E-state index in [0.717, 1.165) is 30.4 Å². The first-order valence-electron chi connectivity index (χ1n) is 10.3. The molecular formula is C24H32N2O2. The van der Waals surface area contributed by atoms with Crippen molar-refractivity contribution in [3.05, 3.63) is 71.8 Å². The molecule has 0 fully saturated rings. The lowest BCUT2D eigenvalue weighted by Gasteiger charge is -2.29. The minimum atomic E-state index is -0.495. The highest BCUT2D eigenvalue weighted by Gasteiger charge is 2.25. The number of nitrogens with zero attached hydrogens (tertiary/aromatic N) is 1. The van der Waals surface area contributed by atoms with Crippen molar-refractivity contribution in [1.29, 1.82) is 0 Å². The molecular weight excluding hydrogens is 348 g/mol. The summed E-state index contributed by atoms with van der Waals surface area (Å²) < 4.78 is 0. The molecule has 0 radical (unpaired) electrons. The average molecular weight is 381 g/mol. The van der Waals surface area contributed by atoms with Crippen molar-refractivity contribution in [2.45, 2.75) is 58.5 Å². The molecule has 4 heteroatoms. The number of carbonyl (C=O) groups is 2. The van der Waals surface area contributed by atoms with Crippen molar-refractivity contribution in [1.82, 2.24) is 10.2 Å². The number of hydrogen-bond donors (Lipinski definition) is 1. The van der Waals surface area contributed by atoms with Crippen molar-refractivity contribution in [3.63, 3.8) is 0 Å². The molecule has 28 heavy (non-hydrogen) atoms. The van der Waals surface area contributed by atoms with Gasteiger partial charge in [0, 0.05) is 19.5 Å². The third kappa shape index (κ3) is 7.18. The van der Waals surface area contributed by atoms with Crippen LogP contribution in [0.2, 0.25) is 0 Å². The molecule has 150 valence electrons. The number of benzene rings is 2. The maximum absolute atomic E-state index is 13.0. The van der Waals surface area contributed by atoms with Gasteiger partial charge in [-0.15, -0.1) is 0 Å². The van der Waals surface area contributed by atoms with Gasteiger partial charge in [-0.1, -0.05) is 80.4 Å². The van der Waals surface area contributed by atoms with E-state index in [1.165, 1.54) is 0 Å². The first-order valence-corrected chi connectivity index (χ1v) is 10.3. The molecule has 2 aromatic rings. The summed E-state index contributed by atoms with van der Waals surface area (Å²) in [6, 6.07) is 19.3. The van der Waals surface area contributed by atoms with Crippen LogP contribution in [-0.4, -0.2) is 29.3 Å². The first kappa shape index (κ1) is 21.7. The van der Waals surface area contributed by atoms with Gasteiger partial charge in [0.15, 0.2) is 0 Å². The summed E-state index contributed by atoms with van der Waals surface area (Å²) >= 11 is 0. The van der Waals surface area contributed by atoms with E-state index in [2.05, 4.69) is 12.2 Å². The van der Waals surface area contributed by atoms with Gasteiger partial charge in [0.25, 0.3) is 0 Å². The number of hydrogen-bond acceptors (Lipinski definition) is 2. The lowest BCUT2D eigenvalue weighted by atomic mass is 10.1. The summed E-state index contributed by atoms with van der Waals surface area (Å²) in [6.07, 6.45) is 4.25. The molecule has 1 atom stereocenters. The summed E-state index contributed by atoms with van der Waals surface area (Å²) in [5.41, 5.74) is 2.16. The van der Waals surface area contributed by atoms with Gasteiger partial charge in [-0.05, 0) is 30.9 Å². The fourth-order valence-corrected chi connectivity index (χ4v) is 3.14. The molecule has 0 heterocycles. The number of amides is 2. The second-order valence-corrected chi connectivity index (χ2v) is 7.17. The van der Waals surface area contributed by atoms with Gasteiger partial charge in [-0.3, -0.25) is 9.59 Å². The minimum Gasteiger partial charge on any atom is -0.354 e. The Balaban J connectivity index is 2.02. The smallest absolute Gasteiger partial charge is 0.242 e. The largest absolute Gasteiger partial charge is 0.354 e. The molecule has 1 unspecified atom stereocenters. The Kier molecular flexibility index (Phi) is 9.26. The SMILES string of the molecule is CCCCCNC(=O)C(C)N(Cc1ccccc1)C(=O)CCc1ccccc1. The van der Waals surface area contributed by atoms with E-state index in [1.807, 2.05) is 67.6 Å². The number of carbonyl (C=O) groups excluding carboxylic acids is 2. The molecule has 0 aliphatic heterocycles. The monoisotopic (exact) mass is 380 g/mol. The standard InChI is InChI=1S/C24H32N2O2/c1-3-4-11-18-25-24(28)20(2)26(19-22-14-9-6-10-15-22)23(27)17-16-21-12-7-5-8-13-21/h5-10,12-15,20H,3-4,11,16-19H2,1-2H3,(H,25,28). The van der Waals surface area contributed by atoms with Crippen LogP contribution in [0.1, 0.15) is 50.7 Å². The van der Waals surface area contributed by atoms with Crippen molar-refractivity contribution < 1.29 is 9.59 Å². The van der Waals surface area contributed by atoms with Crippen LogP contribution in [0.15, 0.2) is 60.7 Å². The van der Waals surface area contributed by atoms with Crippen LogP contribution in [0.5, 0.6) is 0 Å². The van der Waals surface area contributed by atoms with E-state index in [1.54, 1.807) is 4.90 Å². The zero-order valence-corrected chi connectivity index (χ0v) is 17.1. The summed E-state index contributed by atoms with van der Waals surface area (Å²) in [6.45, 7) is 5.06. The van der Waals surface area contributed by atoms with Crippen molar-refractivity contribution >= 4 is 11.8 Å². The van der Waals surface area contributed by atoms with Crippen LogP contribution < -0.4 is 5.32 Å². The quantitative estimate of drug-likeness (QED) is 0.590. The average Bonchev–Trinajstić information content (AvgIpc) is 2.74. The minimum absolute atomic E-state index is 0.00362. The van der Waals surface area contributed by atoms with Crippen LogP contribution in [0, 0.1) is 0 Å². The zero-order valence-electron chi connectivity index (χ0n) is 17.1. The summed E-state index contributed by atoms with van der Waals surface area (Å²) in [7, 11) is 0. The molecule has 0 aromatic heterocycles. The highest BCUT2D eigenvalue weighted by molar-refractivity contribution is 5.87. The van der Waals surface area contributed by atoms with Crippen LogP contribution in [0.25, 0.3) is 0 Å². The van der Waals surface area contributed by atoms with E-state index < -0.39 is 6.04 Å². The zero-order chi connectivity index (χ0) is 20.2. The first-order chi connectivity index (χ1) is 13.6. The molecule has 1 N–H and O–H groups in total. The predicted molar refractivity (Wildman–Crippen MR) is 114 cm³/mol. The Morgan fingerprint density at radius 2 is 1.54 bits per heavy atom. The molecule has 0 saturated heterocycles. The van der Waals surface area contributed by atoms with E-state index in [0.29, 0.717) is 25.9 Å². The highest BCUT2D eigenvalue weighted by atomic mass is 16.2. The fraction of sp³-hybridized carbons (Fsp3) is 0.417. The Labute approximate surface area is 169 Å². The topological polar surface area (TPSA) is 49.4 Å². The normalized spacial score (nSPS) is 11.6. The molecule has 0 aliphatic carbocycles. The molecule has 0 bridgehead atoms. The number of nitrogens with one attached hydrogen (secondary N) is 1. The number of aryl methyl sites for hydroxylation is 1. The molecule has 2 rings (SSSR count). The summed E-state index contributed by atoms with van der Waals surface area (Å²) in [5.74, 6) is -0.0796. The molecule has 2 amide bonds. The third-order valence-electron chi connectivity index (χ3n) is 4.91. The Morgan fingerprint density at radius 3 is 2.14 bits per heavy atom. The van der Waals surface area contributed by atoms with Gasteiger partial charge in [-0.2, -0.15) is 0 Å². The second-order valence-electron chi connectivity index (χ2n) is 7.17. The molecule has 0 spiro atoms. The van der Waals surface area contributed by atoms with E-state index in [9.17, 15) is 9.59 Å². The van der Waals surface area contributed by atoms with Gasteiger partial charge in [0.2, 0.25) is 11.8 Å². The van der Waals surface area contributed by atoms with Gasteiger partial charge in [0.05, 0.1) is 0 Å². The second kappa shape index (κ2) is 12.0. The van der Waals surface area contributed by atoms with Crippen molar-refractivity contribution in [2.75, 3.05) is 6.54 Å². The Hall–Kier alpha value is -2.62. The Bertz CT molecular complexity index is 716. The molecule has 2 aromatic carbocycles. The lowest BCUT2D eigenvalue weighted by molar-refractivity contribution is -0.140. The highest BCUT2D eigenvalue weighted by Crippen LogP contribution is 2.13. The molecule has 4 nitrogen and oxygen atoms in total. The van der Waals surface area contributed by atoms with Crippen LogP contribution in [0.4, 0.5) is 0 Å². The molecule has 0 saturated carbocycles. The van der Waals surface area contributed by atoms with Gasteiger partial charge >= 0.3 is 0 Å². The maximum Gasteiger partial charge on any atom is 0.242 e. The number of unbranched alkanes of at least 4 members (excludes halogenated alkanes) is 2. The van der Waals surface area contributed by atoms with E-state index >= 15 is 0 Å². The van der Waals surface area contributed by atoms with Crippen LogP contribution in [-0.2, 0) is 22.6 Å². The van der Waals surface area contributed by atoms with Gasteiger partial charge in [-0.25, -0.2) is 0 Å². The van der Waals surface area contributed by atoms with Gasteiger partial charge < -0.3 is 10.2 Å². The summed E-state index contributed by atoms with van der Waals surface area (Å²) in [5, 5.41) is 2.98.